The maximum Gasteiger partial charge on any atom is 0.407 e. The molecule has 2 aromatic rings. The minimum absolute atomic E-state index is 0.201. The van der Waals surface area contributed by atoms with Crippen LogP contribution >= 0.6 is 11.6 Å². The van der Waals surface area contributed by atoms with Gasteiger partial charge in [0, 0.05) is 17.1 Å². The fourth-order valence-corrected chi connectivity index (χ4v) is 4.90. The zero-order valence-corrected chi connectivity index (χ0v) is 16.5. The molecule has 0 saturated carbocycles. The van der Waals surface area contributed by atoms with Crippen LogP contribution in [-0.2, 0) is 21.1 Å². The number of alkyl carbamates (subject to hydrolysis) is 1. The molecule has 1 N–H and O–H groups in total. The molecule has 1 aromatic carbocycles. The number of nitrogens with one attached hydrogen (secondary N) is 1. The number of benzene rings is 1. The lowest BCUT2D eigenvalue weighted by Gasteiger charge is -2.19. The first kappa shape index (κ1) is 18.7. The molecule has 0 unspecified atom stereocenters. The van der Waals surface area contributed by atoms with E-state index < -0.39 is 21.5 Å². The lowest BCUT2D eigenvalue weighted by atomic mass is 10.1. The molecular formula is C17H20ClN3O4S. The van der Waals surface area contributed by atoms with Gasteiger partial charge in [0.05, 0.1) is 22.8 Å². The van der Waals surface area contributed by atoms with Crippen LogP contribution < -0.4 is 5.32 Å². The molecule has 140 valence electrons. The fourth-order valence-electron chi connectivity index (χ4n) is 2.92. The van der Waals surface area contributed by atoms with Crippen LogP contribution in [0, 0.1) is 6.92 Å². The molecule has 0 radical (unpaired) electrons. The summed E-state index contributed by atoms with van der Waals surface area (Å²) in [6.45, 7) is 7.54. The highest BCUT2D eigenvalue weighted by atomic mass is 35.5. The van der Waals surface area contributed by atoms with Crippen LogP contribution in [0.15, 0.2) is 28.0 Å². The van der Waals surface area contributed by atoms with E-state index in [-0.39, 0.29) is 16.3 Å². The minimum Gasteiger partial charge on any atom is -0.444 e. The molecule has 1 aromatic heterocycles. The molecule has 2 heterocycles. The molecule has 0 bridgehead atoms. The summed E-state index contributed by atoms with van der Waals surface area (Å²) in [4.78, 5) is 12.2. The van der Waals surface area contributed by atoms with Gasteiger partial charge in [0.25, 0.3) is 0 Å². The first-order chi connectivity index (χ1) is 12.0. The average molecular weight is 398 g/mol. The lowest BCUT2D eigenvalue weighted by molar-refractivity contribution is 0.0525. The van der Waals surface area contributed by atoms with Crippen molar-refractivity contribution in [3.63, 3.8) is 0 Å². The molecule has 1 aliphatic rings. The summed E-state index contributed by atoms with van der Waals surface area (Å²) in [5, 5.41) is 7.43. The maximum absolute atomic E-state index is 12.8. The Morgan fingerprint density at radius 1 is 1.35 bits per heavy atom. The number of amides is 1. The van der Waals surface area contributed by atoms with E-state index in [1.54, 1.807) is 44.5 Å². The SMILES string of the molecule is Cc1nn(CCNC(=O)OC(C)(C)C)c2c1S(=O)(=O)c1ccc(Cl)cc1-2. The average Bonchev–Trinajstić information content (AvgIpc) is 2.92. The summed E-state index contributed by atoms with van der Waals surface area (Å²) in [7, 11) is -3.61. The van der Waals surface area contributed by atoms with Crippen molar-refractivity contribution in [2.24, 2.45) is 0 Å². The fraction of sp³-hybridized carbons (Fsp3) is 0.412. The van der Waals surface area contributed by atoms with E-state index in [1.165, 1.54) is 6.07 Å². The summed E-state index contributed by atoms with van der Waals surface area (Å²) in [5.41, 5.74) is 0.873. The number of sulfone groups is 1. The standard InChI is InChI=1S/C17H20ClN3O4S/c1-10-15-14(12-9-11(18)5-6-13(12)26(15,23)24)21(20-10)8-7-19-16(22)25-17(2,3)4/h5-6,9H,7-8H2,1-4H3,(H,19,22). The number of carbonyl (C=O) groups excluding carboxylic acids is 1. The predicted octanol–water partition coefficient (Wildman–Crippen LogP) is 3.18. The van der Waals surface area contributed by atoms with Crippen LogP contribution in [0.5, 0.6) is 0 Å². The zero-order valence-electron chi connectivity index (χ0n) is 15.0. The molecule has 0 atom stereocenters. The van der Waals surface area contributed by atoms with Crippen molar-refractivity contribution in [2.45, 2.75) is 49.6 Å². The molecule has 0 aliphatic carbocycles. The highest BCUT2D eigenvalue weighted by Gasteiger charge is 2.38. The second kappa shape index (κ2) is 6.28. The van der Waals surface area contributed by atoms with Crippen LogP contribution in [0.1, 0.15) is 26.5 Å². The Morgan fingerprint density at radius 3 is 2.69 bits per heavy atom. The van der Waals surface area contributed by atoms with Crippen molar-refractivity contribution in [3.8, 4) is 11.3 Å². The normalized spacial score (nSPS) is 14.7. The Bertz CT molecular complexity index is 990. The third-order valence-corrected chi connectivity index (χ3v) is 6.02. The number of aromatic nitrogens is 2. The Labute approximate surface area is 157 Å². The summed E-state index contributed by atoms with van der Waals surface area (Å²) in [6.07, 6.45) is -0.533. The number of fused-ring (bicyclic) bond motifs is 3. The molecule has 1 amide bonds. The van der Waals surface area contributed by atoms with E-state index in [0.717, 1.165) is 0 Å². The van der Waals surface area contributed by atoms with Crippen molar-refractivity contribution in [3.05, 3.63) is 28.9 Å². The van der Waals surface area contributed by atoms with Gasteiger partial charge in [-0.25, -0.2) is 13.2 Å². The van der Waals surface area contributed by atoms with Crippen molar-refractivity contribution >= 4 is 27.5 Å². The highest BCUT2D eigenvalue weighted by Crippen LogP contribution is 2.45. The topological polar surface area (TPSA) is 90.3 Å². The van der Waals surface area contributed by atoms with Crippen LogP contribution in [0.2, 0.25) is 5.02 Å². The van der Waals surface area contributed by atoms with Gasteiger partial charge in [0.2, 0.25) is 9.84 Å². The van der Waals surface area contributed by atoms with Gasteiger partial charge in [-0.1, -0.05) is 11.6 Å². The second-order valence-corrected chi connectivity index (χ2v) is 9.35. The van der Waals surface area contributed by atoms with Gasteiger partial charge < -0.3 is 10.1 Å². The van der Waals surface area contributed by atoms with Gasteiger partial charge in [0.15, 0.2) is 0 Å². The van der Waals surface area contributed by atoms with Gasteiger partial charge in [-0.15, -0.1) is 0 Å². The smallest absolute Gasteiger partial charge is 0.407 e. The maximum atomic E-state index is 12.8. The third-order valence-electron chi connectivity index (χ3n) is 3.82. The number of rotatable bonds is 3. The second-order valence-electron chi connectivity index (χ2n) is 7.06. The van der Waals surface area contributed by atoms with Gasteiger partial charge >= 0.3 is 6.09 Å². The summed E-state index contributed by atoms with van der Waals surface area (Å²) >= 11 is 6.05. The largest absolute Gasteiger partial charge is 0.444 e. The number of halogens is 1. The minimum atomic E-state index is -3.61. The molecule has 0 saturated heterocycles. The molecular weight excluding hydrogens is 378 g/mol. The monoisotopic (exact) mass is 397 g/mol. The summed E-state index contributed by atoms with van der Waals surface area (Å²) in [6, 6.07) is 4.69. The number of hydrogen-bond donors (Lipinski definition) is 1. The highest BCUT2D eigenvalue weighted by molar-refractivity contribution is 7.92. The van der Waals surface area contributed by atoms with Crippen LogP contribution in [0.3, 0.4) is 0 Å². The van der Waals surface area contributed by atoms with E-state index in [9.17, 15) is 13.2 Å². The van der Waals surface area contributed by atoms with E-state index in [1.807, 2.05) is 0 Å². The summed E-state index contributed by atoms with van der Waals surface area (Å²) < 4.78 is 32.3. The van der Waals surface area contributed by atoms with Gasteiger partial charge in [-0.3, -0.25) is 4.68 Å². The number of nitrogens with zero attached hydrogens (tertiary/aromatic N) is 2. The summed E-state index contributed by atoms with van der Waals surface area (Å²) in [5.74, 6) is 0. The van der Waals surface area contributed by atoms with E-state index in [0.29, 0.717) is 28.5 Å². The molecule has 7 nitrogen and oxygen atoms in total. The number of carbonyl (C=O) groups is 1. The van der Waals surface area contributed by atoms with Crippen molar-refractivity contribution < 1.29 is 17.9 Å². The Kier molecular flexibility index (Phi) is 4.52. The quantitative estimate of drug-likeness (QED) is 0.732. The molecule has 3 rings (SSSR count). The van der Waals surface area contributed by atoms with Crippen LogP contribution in [0.4, 0.5) is 4.79 Å². The first-order valence-corrected chi connectivity index (χ1v) is 9.96. The Hall–Kier alpha value is -2.06. The van der Waals surface area contributed by atoms with E-state index in [2.05, 4.69) is 10.4 Å². The van der Waals surface area contributed by atoms with Crippen molar-refractivity contribution in [2.75, 3.05) is 6.54 Å². The number of hydrogen-bond acceptors (Lipinski definition) is 5. The molecule has 26 heavy (non-hydrogen) atoms. The Morgan fingerprint density at radius 2 is 2.04 bits per heavy atom. The van der Waals surface area contributed by atoms with E-state index in [4.69, 9.17) is 16.3 Å². The van der Waals surface area contributed by atoms with Crippen LogP contribution in [0.25, 0.3) is 11.3 Å². The van der Waals surface area contributed by atoms with Gasteiger partial charge in [-0.05, 0) is 45.9 Å². The third kappa shape index (κ3) is 3.31. The van der Waals surface area contributed by atoms with Gasteiger partial charge in [0.1, 0.15) is 10.5 Å². The molecule has 9 heteroatoms. The number of aryl methyl sites for hydroxylation is 1. The van der Waals surface area contributed by atoms with E-state index >= 15 is 0 Å². The van der Waals surface area contributed by atoms with Crippen molar-refractivity contribution in [1.82, 2.24) is 15.1 Å². The first-order valence-electron chi connectivity index (χ1n) is 8.10. The lowest BCUT2D eigenvalue weighted by Crippen LogP contribution is -2.34. The predicted molar refractivity (Wildman–Crippen MR) is 97.1 cm³/mol. The van der Waals surface area contributed by atoms with Crippen molar-refractivity contribution in [1.29, 1.82) is 0 Å². The molecule has 1 aliphatic heterocycles. The van der Waals surface area contributed by atoms with Crippen LogP contribution in [-0.4, -0.2) is 36.4 Å². The van der Waals surface area contributed by atoms with Gasteiger partial charge in [-0.2, -0.15) is 5.10 Å². The Balaban J connectivity index is 1.87. The number of ether oxygens (including phenoxy) is 1. The molecule has 0 spiro atoms. The zero-order chi connectivity index (χ0) is 19.3. The molecule has 0 fully saturated rings.